The number of hydrogen-bond donors (Lipinski definition) is 2. The largest absolute Gasteiger partial charge is 0.462 e. The van der Waals surface area contributed by atoms with Gasteiger partial charge in [0.1, 0.15) is 5.00 Å². The molecule has 1 aromatic heterocycles. The molecule has 0 aliphatic carbocycles. The van der Waals surface area contributed by atoms with Gasteiger partial charge < -0.3 is 20.3 Å². The summed E-state index contributed by atoms with van der Waals surface area (Å²) >= 11 is 1.01. The third-order valence-electron chi connectivity index (χ3n) is 4.86. The Bertz CT molecular complexity index is 986. The molecule has 1 saturated heterocycles. The van der Waals surface area contributed by atoms with E-state index in [0.29, 0.717) is 10.4 Å². The number of rotatable bonds is 6. The first kappa shape index (κ1) is 21.5. The fourth-order valence-corrected chi connectivity index (χ4v) is 4.48. The van der Waals surface area contributed by atoms with E-state index in [0.717, 1.165) is 17.0 Å². The summed E-state index contributed by atoms with van der Waals surface area (Å²) in [7, 11) is 1.49. The molecule has 1 unspecified atom stereocenters. The molecule has 0 radical (unpaired) electrons. The molecule has 0 saturated carbocycles. The van der Waals surface area contributed by atoms with Gasteiger partial charge in [-0.05, 0) is 31.5 Å². The Balaban J connectivity index is 1.83. The van der Waals surface area contributed by atoms with Crippen molar-refractivity contribution in [3.05, 3.63) is 46.3 Å². The molecule has 2 aromatic rings. The van der Waals surface area contributed by atoms with E-state index in [4.69, 9.17) is 4.74 Å². The molecule has 3 rings (SSSR count). The van der Waals surface area contributed by atoms with Crippen LogP contribution in [-0.2, 0) is 14.3 Å². The van der Waals surface area contributed by atoms with Crippen LogP contribution in [0.4, 0.5) is 10.7 Å². The monoisotopic (exact) mass is 429 g/mol. The lowest BCUT2D eigenvalue weighted by atomic mass is 10.1. The van der Waals surface area contributed by atoms with Crippen molar-refractivity contribution in [3.63, 3.8) is 0 Å². The summed E-state index contributed by atoms with van der Waals surface area (Å²) in [5.74, 6) is -2.05. The second-order valence-corrected chi connectivity index (χ2v) is 7.81. The predicted molar refractivity (Wildman–Crippen MR) is 114 cm³/mol. The van der Waals surface area contributed by atoms with E-state index in [1.165, 1.54) is 7.05 Å². The highest BCUT2D eigenvalue weighted by atomic mass is 32.1. The summed E-state index contributed by atoms with van der Waals surface area (Å²) in [6.07, 6.45) is 0.0716. The zero-order valence-electron chi connectivity index (χ0n) is 17.0. The summed E-state index contributed by atoms with van der Waals surface area (Å²) in [4.78, 5) is 51.8. The number of nitrogens with one attached hydrogen (secondary N) is 2. The molecule has 2 heterocycles. The van der Waals surface area contributed by atoms with Crippen LogP contribution in [0.1, 0.15) is 38.9 Å². The van der Waals surface area contributed by atoms with Crippen molar-refractivity contribution in [3.8, 4) is 0 Å². The highest BCUT2D eigenvalue weighted by molar-refractivity contribution is 7.18. The van der Waals surface area contributed by atoms with Crippen LogP contribution in [0.3, 0.4) is 0 Å². The van der Waals surface area contributed by atoms with Crippen LogP contribution >= 0.6 is 11.3 Å². The van der Waals surface area contributed by atoms with Crippen molar-refractivity contribution in [1.29, 1.82) is 0 Å². The lowest BCUT2D eigenvalue weighted by Crippen LogP contribution is -2.28. The summed E-state index contributed by atoms with van der Waals surface area (Å²) in [5.41, 5.74) is 1.35. The van der Waals surface area contributed by atoms with Crippen molar-refractivity contribution in [2.75, 3.05) is 30.4 Å². The quantitative estimate of drug-likeness (QED) is 0.687. The van der Waals surface area contributed by atoms with Crippen molar-refractivity contribution in [2.45, 2.75) is 20.3 Å². The Morgan fingerprint density at radius 1 is 1.23 bits per heavy atom. The minimum atomic E-state index is -0.606. The van der Waals surface area contributed by atoms with Crippen LogP contribution in [-0.4, -0.2) is 43.9 Å². The molecule has 1 atom stereocenters. The minimum Gasteiger partial charge on any atom is -0.462 e. The molecule has 1 aliphatic rings. The van der Waals surface area contributed by atoms with Crippen LogP contribution < -0.4 is 15.5 Å². The van der Waals surface area contributed by atoms with E-state index in [9.17, 15) is 19.2 Å². The van der Waals surface area contributed by atoms with E-state index in [1.54, 1.807) is 18.7 Å². The first-order chi connectivity index (χ1) is 14.4. The van der Waals surface area contributed by atoms with Crippen molar-refractivity contribution in [2.24, 2.45) is 5.92 Å². The molecular formula is C21H23N3O5S. The van der Waals surface area contributed by atoms with Crippen molar-refractivity contribution < 1.29 is 23.9 Å². The average molecular weight is 429 g/mol. The Morgan fingerprint density at radius 2 is 1.93 bits per heavy atom. The second kappa shape index (κ2) is 9.08. The van der Waals surface area contributed by atoms with E-state index in [1.807, 2.05) is 30.3 Å². The van der Waals surface area contributed by atoms with Crippen molar-refractivity contribution in [1.82, 2.24) is 5.32 Å². The lowest BCUT2D eigenvalue weighted by molar-refractivity contribution is -0.122. The van der Waals surface area contributed by atoms with Gasteiger partial charge >= 0.3 is 5.97 Å². The lowest BCUT2D eigenvalue weighted by Gasteiger charge is -2.16. The molecule has 1 aromatic carbocycles. The number of carbonyl (C=O) groups excluding carboxylic acids is 4. The Hall–Kier alpha value is -3.20. The van der Waals surface area contributed by atoms with Gasteiger partial charge in [0.15, 0.2) is 0 Å². The smallest absolute Gasteiger partial charge is 0.341 e. The first-order valence-corrected chi connectivity index (χ1v) is 10.4. The van der Waals surface area contributed by atoms with E-state index in [2.05, 4.69) is 10.6 Å². The van der Waals surface area contributed by atoms with Gasteiger partial charge in [-0.25, -0.2) is 4.79 Å². The number of para-hydroxylation sites is 1. The van der Waals surface area contributed by atoms with Gasteiger partial charge in [0.2, 0.25) is 11.8 Å². The molecule has 8 nitrogen and oxygen atoms in total. The SMILES string of the molecule is CCOC(=O)c1c(NC(=O)C2CC(=O)N(c3ccccc3)C2)sc(C(=O)NC)c1C. The van der Waals surface area contributed by atoms with E-state index < -0.39 is 11.9 Å². The van der Waals surface area contributed by atoms with Gasteiger partial charge in [-0.1, -0.05) is 18.2 Å². The van der Waals surface area contributed by atoms with Gasteiger partial charge in [-0.3, -0.25) is 14.4 Å². The summed E-state index contributed by atoms with van der Waals surface area (Å²) in [6, 6.07) is 9.14. The van der Waals surface area contributed by atoms with E-state index >= 15 is 0 Å². The van der Waals surface area contributed by atoms with Gasteiger partial charge in [-0.15, -0.1) is 11.3 Å². The molecule has 9 heteroatoms. The van der Waals surface area contributed by atoms with Gasteiger partial charge in [0.05, 0.1) is 23.0 Å². The first-order valence-electron chi connectivity index (χ1n) is 9.56. The molecule has 2 N–H and O–H groups in total. The van der Waals surface area contributed by atoms with Crippen LogP contribution in [0.2, 0.25) is 0 Å². The Labute approximate surface area is 178 Å². The summed E-state index contributed by atoms with van der Waals surface area (Å²) < 4.78 is 5.10. The Kier molecular flexibility index (Phi) is 6.51. The maximum atomic E-state index is 12.9. The molecule has 3 amide bonds. The zero-order valence-corrected chi connectivity index (χ0v) is 17.8. The zero-order chi connectivity index (χ0) is 21.8. The molecular weight excluding hydrogens is 406 g/mol. The standard InChI is InChI=1S/C21H23N3O5S/c1-4-29-21(28)16-12(2)17(19(27)22-3)30-20(16)23-18(26)13-10-15(25)24(11-13)14-8-6-5-7-9-14/h5-9,13H,4,10-11H2,1-3H3,(H,22,27)(H,23,26). The number of ether oxygens (including phenoxy) is 1. The number of nitrogens with zero attached hydrogens (tertiary/aromatic N) is 1. The maximum absolute atomic E-state index is 12.9. The fraction of sp³-hybridized carbons (Fsp3) is 0.333. The maximum Gasteiger partial charge on any atom is 0.341 e. The van der Waals surface area contributed by atoms with Crippen LogP contribution in [0.5, 0.6) is 0 Å². The molecule has 158 valence electrons. The summed E-state index contributed by atoms with van der Waals surface area (Å²) in [6.45, 7) is 3.73. The number of hydrogen-bond acceptors (Lipinski definition) is 6. The number of benzene rings is 1. The highest BCUT2D eigenvalue weighted by Gasteiger charge is 2.36. The fourth-order valence-electron chi connectivity index (χ4n) is 3.34. The number of carbonyl (C=O) groups is 4. The number of esters is 1. The number of anilines is 2. The van der Waals surface area contributed by atoms with Gasteiger partial charge in [-0.2, -0.15) is 0 Å². The van der Waals surface area contributed by atoms with Crippen LogP contribution in [0.15, 0.2) is 30.3 Å². The topological polar surface area (TPSA) is 105 Å². The van der Waals surface area contributed by atoms with Crippen LogP contribution in [0, 0.1) is 12.8 Å². The van der Waals surface area contributed by atoms with Crippen molar-refractivity contribution >= 4 is 45.7 Å². The Morgan fingerprint density at radius 3 is 2.57 bits per heavy atom. The third kappa shape index (κ3) is 4.20. The van der Waals surface area contributed by atoms with Gasteiger partial charge in [0.25, 0.3) is 5.91 Å². The molecule has 0 bridgehead atoms. The minimum absolute atomic E-state index is 0.0716. The van der Waals surface area contributed by atoms with Gasteiger partial charge in [0, 0.05) is 25.7 Å². The third-order valence-corrected chi connectivity index (χ3v) is 6.07. The van der Waals surface area contributed by atoms with Crippen LogP contribution in [0.25, 0.3) is 0 Å². The molecule has 0 spiro atoms. The normalized spacial score (nSPS) is 15.8. The number of amides is 3. The molecule has 1 fully saturated rings. The number of thiophene rings is 1. The highest BCUT2D eigenvalue weighted by Crippen LogP contribution is 2.35. The average Bonchev–Trinajstić information content (AvgIpc) is 3.28. The molecule has 1 aliphatic heterocycles. The second-order valence-electron chi connectivity index (χ2n) is 6.79. The summed E-state index contributed by atoms with van der Waals surface area (Å²) in [5, 5.41) is 5.52. The predicted octanol–water partition coefficient (Wildman–Crippen LogP) is 2.58. The van der Waals surface area contributed by atoms with E-state index in [-0.39, 0.29) is 47.9 Å². The molecule has 30 heavy (non-hydrogen) atoms.